The molecule has 2 amide bonds. The fraction of sp³-hybridized carbons (Fsp3) is 0.333. The lowest BCUT2D eigenvalue weighted by Crippen LogP contribution is -2.35. The number of nitrogens with one attached hydrogen (secondary N) is 2. The van der Waals surface area contributed by atoms with Crippen molar-refractivity contribution >= 4 is 23.3 Å². The van der Waals surface area contributed by atoms with Gasteiger partial charge in [-0.05, 0) is 34.9 Å². The fourth-order valence-electron chi connectivity index (χ4n) is 2.36. The normalized spacial score (nSPS) is 10.6. The highest BCUT2D eigenvalue weighted by atomic mass is 32.1. The maximum atomic E-state index is 12.4. The van der Waals surface area contributed by atoms with Crippen LogP contribution in [0.2, 0.25) is 0 Å². The van der Waals surface area contributed by atoms with Gasteiger partial charge in [-0.15, -0.1) is 11.3 Å². The van der Waals surface area contributed by atoms with Crippen molar-refractivity contribution in [2.24, 2.45) is 5.92 Å². The molecular weight excluding hydrogens is 324 g/mol. The summed E-state index contributed by atoms with van der Waals surface area (Å²) in [4.78, 5) is 23.7. The van der Waals surface area contributed by atoms with Crippen LogP contribution < -0.4 is 15.7 Å². The van der Waals surface area contributed by atoms with Crippen LogP contribution in [0, 0.1) is 5.92 Å². The summed E-state index contributed by atoms with van der Waals surface area (Å²) in [5.74, 6) is 0.438. The molecule has 2 rings (SSSR count). The second-order valence-corrected chi connectivity index (χ2v) is 6.82. The topological polar surface area (TPSA) is 81.3 Å². The van der Waals surface area contributed by atoms with Gasteiger partial charge in [0.25, 0.3) is 5.91 Å². The van der Waals surface area contributed by atoms with E-state index in [0.717, 1.165) is 23.1 Å². The standard InChI is InChI=1S/C18H22N2O3S/c1-12(2)7-9-19-17(21)16-15(8-10-24-16)14-6-4-3-5-13(14)11-20-18(22)23/h3-6,8,10,12,20H,7,9,11H2,1-2H3,(H,19,21)(H,22,23)/p-1. The molecule has 5 nitrogen and oxygen atoms in total. The molecule has 6 heteroatoms. The van der Waals surface area contributed by atoms with Gasteiger partial charge < -0.3 is 20.5 Å². The summed E-state index contributed by atoms with van der Waals surface area (Å²) in [6.45, 7) is 5.01. The van der Waals surface area contributed by atoms with Crippen molar-refractivity contribution < 1.29 is 14.7 Å². The Hall–Kier alpha value is -2.34. The molecule has 0 saturated heterocycles. The van der Waals surface area contributed by atoms with Gasteiger partial charge in [-0.2, -0.15) is 0 Å². The molecule has 0 bridgehead atoms. The smallest absolute Gasteiger partial charge is 0.261 e. The van der Waals surface area contributed by atoms with Gasteiger partial charge in [0.2, 0.25) is 0 Å². The van der Waals surface area contributed by atoms with Gasteiger partial charge in [0.1, 0.15) is 6.09 Å². The van der Waals surface area contributed by atoms with Crippen LogP contribution >= 0.6 is 11.3 Å². The first-order valence-corrected chi connectivity index (χ1v) is 8.75. The fourth-order valence-corrected chi connectivity index (χ4v) is 3.18. The Morgan fingerprint density at radius 1 is 1.12 bits per heavy atom. The molecule has 2 aromatic rings. The number of amides is 2. The number of hydrogen-bond acceptors (Lipinski definition) is 4. The van der Waals surface area contributed by atoms with Crippen LogP contribution in [0.25, 0.3) is 11.1 Å². The third-order valence-corrected chi connectivity index (χ3v) is 4.52. The Morgan fingerprint density at radius 2 is 1.88 bits per heavy atom. The maximum Gasteiger partial charge on any atom is 0.261 e. The van der Waals surface area contributed by atoms with Gasteiger partial charge in [-0.3, -0.25) is 4.79 Å². The van der Waals surface area contributed by atoms with Crippen molar-refractivity contribution in [1.29, 1.82) is 0 Å². The van der Waals surface area contributed by atoms with E-state index in [1.54, 1.807) is 0 Å². The zero-order chi connectivity index (χ0) is 17.5. The maximum absolute atomic E-state index is 12.4. The molecule has 0 unspecified atom stereocenters. The summed E-state index contributed by atoms with van der Waals surface area (Å²) in [7, 11) is 0. The molecule has 0 aliphatic carbocycles. The number of benzene rings is 1. The molecule has 1 aromatic carbocycles. The summed E-state index contributed by atoms with van der Waals surface area (Å²) in [5.41, 5.74) is 2.47. The number of carbonyl (C=O) groups is 2. The zero-order valence-corrected chi connectivity index (χ0v) is 14.6. The monoisotopic (exact) mass is 345 g/mol. The minimum atomic E-state index is -1.32. The summed E-state index contributed by atoms with van der Waals surface area (Å²) in [6.07, 6.45) is -0.389. The van der Waals surface area contributed by atoms with Crippen LogP contribution in [0.1, 0.15) is 35.5 Å². The van der Waals surface area contributed by atoms with Crippen LogP contribution in [0.15, 0.2) is 35.7 Å². The first kappa shape index (κ1) is 18.0. The highest BCUT2D eigenvalue weighted by Gasteiger charge is 2.16. The summed E-state index contributed by atoms with van der Waals surface area (Å²) in [5, 5.41) is 17.7. The van der Waals surface area contributed by atoms with Crippen LogP contribution in [-0.4, -0.2) is 18.5 Å². The molecule has 0 spiro atoms. The molecule has 0 fully saturated rings. The Balaban J connectivity index is 2.20. The quantitative estimate of drug-likeness (QED) is 0.809. The second-order valence-electron chi connectivity index (χ2n) is 5.90. The minimum Gasteiger partial charge on any atom is -0.530 e. The van der Waals surface area contributed by atoms with E-state index in [1.165, 1.54) is 11.3 Å². The lowest BCUT2D eigenvalue weighted by molar-refractivity contribution is -0.251. The van der Waals surface area contributed by atoms with E-state index in [4.69, 9.17) is 0 Å². The van der Waals surface area contributed by atoms with E-state index in [9.17, 15) is 14.7 Å². The lowest BCUT2D eigenvalue weighted by atomic mass is 10.00. The van der Waals surface area contributed by atoms with Crippen LogP contribution in [-0.2, 0) is 6.54 Å². The Kier molecular flexibility index (Phi) is 6.37. The van der Waals surface area contributed by atoms with Gasteiger partial charge in [-0.25, -0.2) is 0 Å². The van der Waals surface area contributed by atoms with Crippen molar-refractivity contribution in [2.45, 2.75) is 26.8 Å². The SMILES string of the molecule is CC(C)CCNC(=O)c1sccc1-c1ccccc1CNC(=O)[O-]. The van der Waals surface area contributed by atoms with Gasteiger partial charge in [0.05, 0.1) is 4.88 Å². The molecule has 0 saturated carbocycles. The first-order valence-electron chi connectivity index (χ1n) is 7.88. The number of thiophene rings is 1. The summed E-state index contributed by atoms with van der Waals surface area (Å²) in [6, 6.07) is 9.32. The van der Waals surface area contributed by atoms with Crippen LogP contribution in [0.4, 0.5) is 4.79 Å². The minimum absolute atomic E-state index is 0.0942. The highest BCUT2D eigenvalue weighted by Crippen LogP contribution is 2.31. The molecule has 2 N–H and O–H groups in total. The van der Waals surface area contributed by atoms with E-state index >= 15 is 0 Å². The van der Waals surface area contributed by atoms with Crippen LogP contribution in [0.5, 0.6) is 0 Å². The van der Waals surface area contributed by atoms with Gasteiger partial charge >= 0.3 is 0 Å². The third kappa shape index (κ3) is 4.83. The van der Waals surface area contributed by atoms with Gasteiger partial charge in [-0.1, -0.05) is 38.1 Å². The van der Waals surface area contributed by atoms with E-state index in [1.807, 2.05) is 35.7 Å². The summed E-state index contributed by atoms with van der Waals surface area (Å²) < 4.78 is 0. The van der Waals surface area contributed by atoms with Crippen molar-refractivity contribution in [1.82, 2.24) is 10.6 Å². The van der Waals surface area contributed by atoms with E-state index in [0.29, 0.717) is 17.3 Å². The molecule has 0 radical (unpaired) electrons. The largest absolute Gasteiger partial charge is 0.530 e. The molecule has 0 aliphatic rings. The Labute approximate surface area is 145 Å². The van der Waals surface area contributed by atoms with Crippen molar-refractivity contribution in [3.05, 3.63) is 46.2 Å². The van der Waals surface area contributed by atoms with E-state index in [-0.39, 0.29) is 12.5 Å². The zero-order valence-electron chi connectivity index (χ0n) is 13.8. The molecule has 1 aromatic heterocycles. The van der Waals surface area contributed by atoms with Crippen molar-refractivity contribution in [3.63, 3.8) is 0 Å². The van der Waals surface area contributed by atoms with Crippen molar-refractivity contribution in [2.75, 3.05) is 6.54 Å². The number of rotatable bonds is 7. The van der Waals surface area contributed by atoms with E-state index in [2.05, 4.69) is 24.5 Å². The molecular formula is C18H21N2O3S-. The summed E-state index contributed by atoms with van der Waals surface area (Å²) >= 11 is 1.38. The first-order chi connectivity index (χ1) is 11.5. The third-order valence-electron chi connectivity index (χ3n) is 3.61. The number of carboxylic acid groups (broad SMARTS) is 1. The highest BCUT2D eigenvalue weighted by molar-refractivity contribution is 7.12. The molecule has 0 aliphatic heterocycles. The average molecular weight is 345 g/mol. The predicted molar refractivity (Wildman–Crippen MR) is 93.8 cm³/mol. The average Bonchev–Trinajstić information content (AvgIpc) is 3.02. The van der Waals surface area contributed by atoms with E-state index < -0.39 is 6.09 Å². The number of hydrogen-bond donors (Lipinski definition) is 2. The molecule has 24 heavy (non-hydrogen) atoms. The lowest BCUT2D eigenvalue weighted by Gasteiger charge is -2.13. The number of carbonyl (C=O) groups excluding carboxylic acids is 2. The predicted octanol–water partition coefficient (Wildman–Crippen LogP) is 2.62. The van der Waals surface area contributed by atoms with Crippen molar-refractivity contribution in [3.8, 4) is 11.1 Å². The molecule has 0 atom stereocenters. The van der Waals surface area contributed by atoms with Crippen LogP contribution in [0.3, 0.4) is 0 Å². The Morgan fingerprint density at radius 3 is 2.58 bits per heavy atom. The van der Waals surface area contributed by atoms with Gasteiger partial charge in [0, 0.05) is 18.7 Å². The Bertz CT molecular complexity index is 710. The molecule has 128 valence electrons. The second kappa shape index (κ2) is 8.49. The molecule has 1 heterocycles. The van der Waals surface area contributed by atoms with Gasteiger partial charge in [0.15, 0.2) is 0 Å².